The second kappa shape index (κ2) is 6.41. The highest BCUT2D eigenvalue weighted by Gasteiger charge is 2.12. The molecule has 1 N–H and O–H groups in total. The summed E-state index contributed by atoms with van der Waals surface area (Å²) in [4.78, 5) is 0. The normalized spacial score (nSPS) is 20.2. The van der Waals surface area contributed by atoms with E-state index in [2.05, 4.69) is 34.2 Å². The zero-order valence-electron chi connectivity index (χ0n) is 10.3. The van der Waals surface area contributed by atoms with E-state index in [-0.39, 0.29) is 0 Å². The van der Waals surface area contributed by atoms with Gasteiger partial charge >= 0.3 is 0 Å². The SMILES string of the molecule is Cc1ccc(Br)cc1OCCC1CCCCN1. The smallest absolute Gasteiger partial charge is 0.123 e. The van der Waals surface area contributed by atoms with E-state index in [1.165, 1.54) is 31.4 Å². The molecule has 1 aromatic rings. The number of hydrogen-bond acceptors (Lipinski definition) is 2. The van der Waals surface area contributed by atoms with E-state index in [9.17, 15) is 0 Å². The summed E-state index contributed by atoms with van der Waals surface area (Å²) in [6, 6.07) is 6.82. The van der Waals surface area contributed by atoms with E-state index >= 15 is 0 Å². The average Bonchev–Trinajstić information content (AvgIpc) is 2.35. The Kier molecular flexibility index (Phi) is 4.86. The Balaban J connectivity index is 1.79. The van der Waals surface area contributed by atoms with Gasteiger partial charge in [0.05, 0.1) is 6.61 Å². The molecule has 0 aliphatic carbocycles. The van der Waals surface area contributed by atoms with Crippen molar-refractivity contribution in [3.8, 4) is 5.75 Å². The molecule has 1 saturated heterocycles. The molecule has 1 aromatic carbocycles. The molecular formula is C14H20BrNO. The van der Waals surface area contributed by atoms with Gasteiger partial charge in [-0.1, -0.05) is 28.4 Å². The van der Waals surface area contributed by atoms with Gasteiger partial charge in [0.1, 0.15) is 5.75 Å². The number of hydrogen-bond donors (Lipinski definition) is 1. The predicted octanol–water partition coefficient (Wildman–Crippen LogP) is 3.67. The molecule has 0 radical (unpaired) electrons. The van der Waals surface area contributed by atoms with Gasteiger partial charge < -0.3 is 10.1 Å². The summed E-state index contributed by atoms with van der Waals surface area (Å²) < 4.78 is 6.93. The molecule has 2 rings (SSSR count). The van der Waals surface area contributed by atoms with Crippen molar-refractivity contribution in [2.75, 3.05) is 13.2 Å². The molecule has 94 valence electrons. The second-order valence-corrected chi connectivity index (χ2v) is 5.61. The maximum atomic E-state index is 5.85. The minimum atomic E-state index is 0.649. The lowest BCUT2D eigenvalue weighted by molar-refractivity contribution is 0.267. The Morgan fingerprint density at radius 1 is 1.41 bits per heavy atom. The minimum Gasteiger partial charge on any atom is -0.493 e. The molecule has 0 aromatic heterocycles. The van der Waals surface area contributed by atoms with Crippen LogP contribution in [0, 0.1) is 6.92 Å². The van der Waals surface area contributed by atoms with Crippen molar-refractivity contribution in [3.63, 3.8) is 0 Å². The van der Waals surface area contributed by atoms with Gasteiger partial charge in [0, 0.05) is 10.5 Å². The van der Waals surface area contributed by atoms with Crippen molar-refractivity contribution in [2.45, 2.75) is 38.6 Å². The third-order valence-corrected chi connectivity index (χ3v) is 3.78. The van der Waals surface area contributed by atoms with Crippen LogP contribution in [0.4, 0.5) is 0 Å². The molecule has 0 saturated carbocycles. The number of ether oxygens (including phenoxy) is 1. The van der Waals surface area contributed by atoms with Gasteiger partial charge in [-0.15, -0.1) is 0 Å². The highest BCUT2D eigenvalue weighted by Crippen LogP contribution is 2.23. The summed E-state index contributed by atoms with van der Waals surface area (Å²) in [6.07, 6.45) is 5.07. The van der Waals surface area contributed by atoms with Crippen LogP contribution in [0.5, 0.6) is 5.75 Å². The number of halogens is 1. The van der Waals surface area contributed by atoms with E-state index in [1.807, 2.05) is 12.1 Å². The first kappa shape index (κ1) is 12.9. The summed E-state index contributed by atoms with van der Waals surface area (Å²) >= 11 is 3.47. The standard InChI is InChI=1S/C14H20BrNO/c1-11-5-6-12(15)10-14(11)17-9-7-13-4-2-3-8-16-13/h5-6,10,13,16H,2-4,7-9H2,1H3. The molecule has 0 spiro atoms. The lowest BCUT2D eigenvalue weighted by Gasteiger charge is -2.23. The van der Waals surface area contributed by atoms with Crippen LogP contribution < -0.4 is 10.1 Å². The Bertz CT molecular complexity index is 361. The zero-order valence-corrected chi connectivity index (χ0v) is 11.9. The van der Waals surface area contributed by atoms with E-state index in [0.29, 0.717) is 6.04 Å². The zero-order chi connectivity index (χ0) is 12.1. The van der Waals surface area contributed by atoms with Crippen LogP contribution in [-0.2, 0) is 0 Å². The molecule has 2 nitrogen and oxygen atoms in total. The monoisotopic (exact) mass is 297 g/mol. The summed E-state index contributed by atoms with van der Waals surface area (Å²) in [6.45, 7) is 4.05. The quantitative estimate of drug-likeness (QED) is 0.916. The fourth-order valence-electron chi connectivity index (χ4n) is 2.21. The van der Waals surface area contributed by atoms with Gasteiger partial charge in [0.25, 0.3) is 0 Å². The van der Waals surface area contributed by atoms with E-state index in [1.54, 1.807) is 0 Å². The van der Waals surface area contributed by atoms with Crippen LogP contribution in [0.3, 0.4) is 0 Å². The number of benzene rings is 1. The number of nitrogens with one attached hydrogen (secondary N) is 1. The van der Waals surface area contributed by atoms with Gasteiger partial charge in [-0.3, -0.25) is 0 Å². The maximum absolute atomic E-state index is 5.85. The first-order valence-corrected chi connectivity index (χ1v) is 7.17. The van der Waals surface area contributed by atoms with E-state index < -0.39 is 0 Å². The highest BCUT2D eigenvalue weighted by molar-refractivity contribution is 9.10. The molecule has 1 atom stereocenters. The largest absolute Gasteiger partial charge is 0.493 e. The fraction of sp³-hybridized carbons (Fsp3) is 0.571. The van der Waals surface area contributed by atoms with Gasteiger partial charge in [-0.2, -0.15) is 0 Å². The van der Waals surface area contributed by atoms with Crippen LogP contribution in [0.25, 0.3) is 0 Å². The van der Waals surface area contributed by atoms with Gasteiger partial charge in [0.15, 0.2) is 0 Å². The molecule has 17 heavy (non-hydrogen) atoms. The third kappa shape index (κ3) is 4.00. The molecule has 3 heteroatoms. The van der Waals surface area contributed by atoms with Crippen molar-refractivity contribution in [2.24, 2.45) is 0 Å². The minimum absolute atomic E-state index is 0.649. The third-order valence-electron chi connectivity index (χ3n) is 3.29. The van der Waals surface area contributed by atoms with Crippen molar-refractivity contribution in [3.05, 3.63) is 28.2 Å². The van der Waals surface area contributed by atoms with Crippen molar-refractivity contribution >= 4 is 15.9 Å². The molecule has 1 aliphatic heterocycles. The van der Waals surface area contributed by atoms with Crippen LogP contribution in [0.15, 0.2) is 22.7 Å². The fourth-order valence-corrected chi connectivity index (χ4v) is 2.55. The molecular weight excluding hydrogens is 278 g/mol. The topological polar surface area (TPSA) is 21.3 Å². The summed E-state index contributed by atoms with van der Waals surface area (Å²) in [7, 11) is 0. The average molecular weight is 298 g/mol. The molecule has 0 bridgehead atoms. The lowest BCUT2D eigenvalue weighted by atomic mass is 10.0. The van der Waals surface area contributed by atoms with Crippen molar-refractivity contribution in [1.82, 2.24) is 5.32 Å². The van der Waals surface area contributed by atoms with Gasteiger partial charge in [-0.25, -0.2) is 0 Å². The van der Waals surface area contributed by atoms with Crippen molar-refractivity contribution in [1.29, 1.82) is 0 Å². The first-order chi connectivity index (χ1) is 8.25. The number of aryl methyl sites for hydroxylation is 1. The molecule has 0 amide bonds. The van der Waals surface area contributed by atoms with Crippen LogP contribution >= 0.6 is 15.9 Å². The Labute approximate surface area is 112 Å². The van der Waals surface area contributed by atoms with E-state index in [4.69, 9.17) is 4.74 Å². The highest BCUT2D eigenvalue weighted by atomic mass is 79.9. The second-order valence-electron chi connectivity index (χ2n) is 4.69. The van der Waals surface area contributed by atoms with E-state index in [0.717, 1.165) is 23.2 Å². The molecule has 1 aliphatic rings. The number of piperidine rings is 1. The van der Waals surface area contributed by atoms with Gasteiger partial charge in [-0.05, 0) is 50.4 Å². The summed E-state index contributed by atoms with van der Waals surface area (Å²) in [5.74, 6) is 0.996. The molecule has 1 unspecified atom stereocenters. The maximum Gasteiger partial charge on any atom is 0.123 e. The molecule has 1 heterocycles. The van der Waals surface area contributed by atoms with Crippen LogP contribution in [-0.4, -0.2) is 19.2 Å². The van der Waals surface area contributed by atoms with Crippen LogP contribution in [0.2, 0.25) is 0 Å². The molecule has 1 fully saturated rings. The first-order valence-electron chi connectivity index (χ1n) is 6.38. The van der Waals surface area contributed by atoms with Gasteiger partial charge in [0.2, 0.25) is 0 Å². The predicted molar refractivity (Wildman–Crippen MR) is 74.6 cm³/mol. The van der Waals surface area contributed by atoms with Crippen LogP contribution in [0.1, 0.15) is 31.2 Å². The summed E-state index contributed by atoms with van der Waals surface area (Å²) in [5.41, 5.74) is 1.20. The Morgan fingerprint density at radius 2 is 2.29 bits per heavy atom. The number of rotatable bonds is 4. The Hall–Kier alpha value is -0.540. The Morgan fingerprint density at radius 3 is 3.06 bits per heavy atom. The lowest BCUT2D eigenvalue weighted by Crippen LogP contribution is -2.35. The van der Waals surface area contributed by atoms with Crippen molar-refractivity contribution < 1.29 is 4.74 Å². The summed E-state index contributed by atoms with van der Waals surface area (Å²) in [5, 5.41) is 3.54.